The summed E-state index contributed by atoms with van der Waals surface area (Å²) in [6.45, 7) is 3.69. The van der Waals surface area contributed by atoms with E-state index in [0.29, 0.717) is 18.1 Å². The minimum atomic E-state index is -4.64. The minimum Gasteiger partial charge on any atom is -0.481 e. The summed E-state index contributed by atoms with van der Waals surface area (Å²) < 4.78 is 79.3. The quantitative estimate of drug-likeness (QED) is 0.282. The van der Waals surface area contributed by atoms with Crippen molar-refractivity contribution in [3.8, 4) is 0 Å². The van der Waals surface area contributed by atoms with Gasteiger partial charge in [-0.1, -0.05) is 13.8 Å². The summed E-state index contributed by atoms with van der Waals surface area (Å²) in [6.07, 6.45) is -4.18. The van der Waals surface area contributed by atoms with Crippen LogP contribution in [0.25, 0.3) is 0 Å². The van der Waals surface area contributed by atoms with Gasteiger partial charge in [0.05, 0.1) is 6.54 Å². The Bertz CT molecular complexity index is 1220. The predicted molar refractivity (Wildman–Crippen MR) is 132 cm³/mol. The second-order valence-electron chi connectivity index (χ2n) is 10.2. The van der Waals surface area contributed by atoms with E-state index in [4.69, 9.17) is 16.6 Å². The lowest BCUT2D eigenvalue weighted by atomic mass is 9.91. The van der Waals surface area contributed by atoms with Crippen molar-refractivity contribution in [1.82, 2.24) is 19.7 Å². The molecule has 16 heteroatoms. The van der Waals surface area contributed by atoms with Gasteiger partial charge in [0.25, 0.3) is 0 Å². The van der Waals surface area contributed by atoms with Crippen LogP contribution in [0, 0.1) is 29.3 Å². The molecule has 0 saturated carbocycles. The third-order valence-corrected chi connectivity index (χ3v) is 6.13. The molecule has 1 aromatic heterocycles. The fourth-order valence-electron chi connectivity index (χ4n) is 4.45. The lowest BCUT2D eigenvalue weighted by molar-refractivity contribution is -0.148. The van der Waals surface area contributed by atoms with E-state index in [2.05, 4.69) is 10.2 Å². The van der Waals surface area contributed by atoms with Crippen LogP contribution in [0.4, 0.5) is 26.3 Å². The molecule has 0 radical (unpaired) electrons. The third kappa shape index (κ3) is 10.3. The van der Waals surface area contributed by atoms with Crippen molar-refractivity contribution in [2.45, 2.75) is 71.3 Å². The molecule has 228 valence electrons. The smallest absolute Gasteiger partial charge is 0.451 e. The molecule has 3 rings (SSSR count). The number of aliphatic carboxylic acids is 1. The van der Waals surface area contributed by atoms with Crippen molar-refractivity contribution in [3.63, 3.8) is 0 Å². The lowest BCUT2D eigenvalue weighted by Crippen LogP contribution is -2.42. The summed E-state index contributed by atoms with van der Waals surface area (Å²) in [7, 11) is 0. The second kappa shape index (κ2) is 14.3. The molecule has 2 amide bonds. The van der Waals surface area contributed by atoms with Crippen LogP contribution in [-0.4, -0.2) is 55.1 Å². The van der Waals surface area contributed by atoms with Gasteiger partial charge in [0.15, 0.2) is 17.5 Å². The van der Waals surface area contributed by atoms with Gasteiger partial charge in [-0.05, 0) is 36.3 Å². The number of alkyl halides is 3. The van der Waals surface area contributed by atoms with Crippen molar-refractivity contribution in [1.29, 1.82) is 0 Å². The van der Waals surface area contributed by atoms with Crippen molar-refractivity contribution in [2.24, 2.45) is 23.3 Å². The van der Waals surface area contributed by atoms with Crippen LogP contribution in [0.2, 0.25) is 0 Å². The first kappa shape index (κ1) is 33.5. The van der Waals surface area contributed by atoms with Gasteiger partial charge < -0.3 is 26.0 Å². The highest BCUT2D eigenvalue weighted by molar-refractivity contribution is 5.77. The molecule has 0 spiro atoms. The molecule has 5 N–H and O–H groups in total. The van der Waals surface area contributed by atoms with E-state index >= 15 is 0 Å². The van der Waals surface area contributed by atoms with Gasteiger partial charge in [-0.2, -0.15) is 13.2 Å². The Labute approximate surface area is 231 Å². The zero-order valence-corrected chi connectivity index (χ0v) is 22.4. The molecular weight excluding hydrogens is 562 g/mol. The van der Waals surface area contributed by atoms with Gasteiger partial charge in [0.2, 0.25) is 17.6 Å². The summed E-state index contributed by atoms with van der Waals surface area (Å²) in [6, 6.07) is 0.184. The van der Waals surface area contributed by atoms with Crippen molar-refractivity contribution in [2.75, 3.05) is 6.54 Å². The van der Waals surface area contributed by atoms with Crippen LogP contribution in [0.5, 0.6) is 0 Å². The molecule has 0 aliphatic carbocycles. The Balaban J connectivity index is 0.000000383. The van der Waals surface area contributed by atoms with Crippen molar-refractivity contribution < 1.29 is 45.8 Å². The third-order valence-electron chi connectivity index (χ3n) is 6.13. The number of nitrogens with zero attached hydrogens (tertiary/aromatic N) is 4. The SMILES string of the molecule is CC(C)C[C@@H](CC(N)=O)CC(=O)O.N[C@@H](CC(=O)N1CCn2c(nnc2C(F)(F)F)C1)Cc1cc(F)c(F)cc1F. The van der Waals surface area contributed by atoms with E-state index in [-0.39, 0.29) is 62.6 Å². The van der Waals surface area contributed by atoms with Crippen LogP contribution < -0.4 is 11.5 Å². The standard InChI is InChI=1S/C16H15F6N5O.C9H17NO3/c17-10-6-12(19)11(18)4-8(10)3-9(23)5-14(28)26-1-2-27-13(7-26)24-25-15(27)16(20,21)22;1-6(2)3-7(4-8(10)11)5-9(12)13/h4,6,9H,1-3,5,7,23H2;6-7H,3-5H2,1-2H3,(H2,10,11)(H,12,13)/t9-;7-/m10/s1. The number of carbonyl (C=O) groups excluding carboxylic acids is 2. The van der Waals surface area contributed by atoms with E-state index in [9.17, 15) is 40.7 Å². The number of amides is 2. The molecule has 0 fully saturated rings. The Morgan fingerprint density at radius 1 is 1.00 bits per heavy atom. The average molecular weight is 595 g/mol. The zero-order chi connectivity index (χ0) is 31.1. The first-order valence-corrected chi connectivity index (χ1v) is 12.6. The summed E-state index contributed by atoms with van der Waals surface area (Å²) in [5.74, 6) is -6.16. The van der Waals surface area contributed by atoms with Gasteiger partial charge >= 0.3 is 12.1 Å². The summed E-state index contributed by atoms with van der Waals surface area (Å²) in [5, 5.41) is 15.2. The van der Waals surface area contributed by atoms with Gasteiger partial charge in [-0.15, -0.1) is 10.2 Å². The Morgan fingerprint density at radius 3 is 2.20 bits per heavy atom. The molecule has 2 aromatic rings. The number of hydrogen-bond acceptors (Lipinski definition) is 6. The number of hydrogen-bond donors (Lipinski definition) is 3. The van der Waals surface area contributed by atoms with Crippen LogP contribution in [0.15, 0.2) is 12.1 Å². The second-order valence-corrected chi connectivity index (χ2v) is 10.2. The van der Waals surface area contributed by atoms with Gasteiger partial charge in [0, 0.05) is 44.5 Å². The fourth-order valence-corrected chi connectivity index (χ4v) is 4.45. The highest BCUT2D eigenvalue weighted by Gasteiger charge is 2.40. The molecule has 2 atom stereocenters. The molecular formula is C25H32F6N6O4. The normalized spacial score (nSPS) is 14.6. The first-order valence-electron chi connectivity index (χ1n) is 12.6. The monoisotopic (exact) mass is 594 g/mol. The van der Waals surface area contributed by atoms with E-state index < -0.39 is 53.3 Å². The van der Waals surface area contributed by atoms with Crippen molar-refractivity contribution in [3.05, 3.63) is 46.8 Å². The molecule has 0 unspecified atom stereocenters. The van der Waals surface area contributed by atoms with Crippen LogP contribution in [0.1, 0.15) is 56.7 Å². The lowest BCUT2D eigenvalue weighted by Gasteiger charge is -2.29. The number of primary amides is 1. The number of rotatable bonds is 10. The Hall–Kier alpha value is -3.69. The largest absolute Gasteiger partial charge is 0.481 e. The van der Waals surface area contributed by atoms with Crippen LogP contribution in [-0.2, 0) is 40.1 Å². The van der Waals surface area contributed by atoms with E-state index in [0.717, 1.165) is 11.0 Å². The number of halogens is 6. The Morgan fingerprint density at radius 2 is 1.63 bits per heavy atom. The van der Waals surface area contributed by atoms with E-state index in [1.165, 1.54) is 4.90 Å². The predicted octanol–water partition coefficient (Wildman–Crippen LogP) is 3.02. The molecule has 2 heterocycles. The summed E-state index contributed by atoms with van der Waals surface area (Å²) >= 11 is 0. The summed E-state index contributed by atoms with van der Waals surface area (Å²) in [5.41, 5.74) is 10.7. The topological polar surface area (TPSA) is 157 Å². The number of carboxylic acid groups (broad SMARTS) is 1. The average Bonchev–Trinajstić information content (AvgIpc) is 3.25. The fraction of sp³-hybridized carbons (Fsp3) is 0.560. The van der Waals surface area contributed by atoms with E-state index in [1.807, 2.05) is 13.8 Å². The molecule has 1 aliphatic heterocycles. The van der Waals surface area contributed by atoms with Gasteiger partial charge in [-0.25, -0.2) is 13.2 Å². The number of carbonyl (C=O) groups is 3. The number of aromatic nitrogens is 3. The van der Waals surface area contributed by atoms with Gasteiger partial charge in [0.1, 0.15) is 5.82 Å². The minimum absolute atomic E-state index is 0.000783. The number of fused-ring (bicyclic) bond motifs is 1. The molecule has 0 saturated heterocycles. The molecule has 0 bridgehead atoms. The van der Waals surface area contributed by atoms with E-state index in [1.54, 1.807) is 0 Å². The summed E-state index contributed by atoms with van der Waals surface area (Å²) in [4.78, 5) is 34.6. The van der Waals surface area contributed by atoms with Gasteiger partial charge in [-0.3, -0.25) is 14.4 Å². The maximum absolute atomic E-state index is 13.7. The molecule has 41 heavy (non-hydrogen) atoms. The molecule has 10 nitrogen and oxygen atoms in total. The maximum Gasteiger partial charge on any atom is 0.451 e. The number of nitrogens with two attached hydrogens (primary N) is 2. The number of carboxylic acids is 1. The molecule has 1 aliphatic rings. The highest BCUT2D eigenvalue weighted by Crippen LogP contribution is 2.29. The van der Waals surface area contributed by atoms with Crippen LogP contribution >= 0.6 is 0 Å². The van der Waals surface area contributed by atoms with Crippen LogP contribution in [0.3, 0.4) is 0 Å². The number of benzene rings is 1. The molecule has 1 aromatic carbocycles. The van der Waals surface area contributed by atoms with Crippen molar-refractivity contribution >= 4 is 17.8 Å². The zero-order valence-electron chi connectivity index (χ0n) is 22.4. The highest BCUT2D eigenvalue weighted by atomic mass is 19.4. The maximum atomic E-state index is 13.7. The first-order chi connectivity index (χ1) is 19.0. The Kier molecular flexibility index (Phi) is 11.7.